The quantitative estimate of drug-likeness (QED) is 0.651. The fraction of sp³-hybridized carbons (Fsp3) is 0.625. The summed E-state index contributed by atoms with van der Waals surface area (Å²) in [6.07, 6.45) is 0. The summed E-state index contributed by atoms with van der Waals surface area (Å²) in [4.78, 5) is 2.29. The summed E-state index contributed by atoms with van der Waals surface area (Å²) in [6, 6.07) is 6.24. The third-order valence-corrected chi connectivity index (χ3v) is 3.73. The molecule has 21 heavy (non-hydrogen) atoms. The van der Waals surface area contributed by atoms with Crippen LogP contribution in [-0.4, -0.2) is 39.5 Å². The number of benzene rings is 1. The lowest BCUT2D eigenvalue weighted by atomic mass is 10.1. The highest BCUT2D eigenvalue weighted by Crippen LogP contribution is 2.28. The maximum absolute atomic E-state index is 6.12. The van der Waals surface area contributed by atoms with Crippen LogP contribution in [0.15, 0.2) is 22.7 Å². The Morgan fingerprint density at radius 1 is 1.14 bits per heavy atom. The molecule has 0 bridgehead atoms. The van der Waals surface area contributed by atoms with E-state index >= 15 is 0 Å². The highest BCUT2D eigenvalue weighted by molar-refractivity contribution is 9.10. The van der Waals surface area contributed by atoms with Gasteiger partial charge in [-0.05, 0) is 44.5 Å². The molecule has 1 unspecified atom stereocenters. The fourth-order valence-electron chi connectivity index (χ4n) is 2.17. The van der Waals surface area contributed by atoms with E-state index in [4.69, 9.17) is 15.2 Å². The zero-order valence-electron chi connectivity index (χ0n) is 13.3. The van der Waals surface area contributed by atoms with Crippen LogP contribution in [0.4, 0.5) is 5.69 Å². The molecule has 2 N–H and O–H groups in total. The number of hydrogen-bond donors (Lipinski definition) is 1. The predicted octanol–water partition coefficient (Wildman–Crippen LogP) is 3.35. The SMILES string of the molecule is CCOCCN(CCOCC)c1ccc(Br)cc1C(C)N. The van der Waals surface area contributed by atoms with Gasteiger partial charge in [-0.15, -0.1) is 0 Å². The highest BCUT2D eigenvalue weighted by Gasteiger charge is 2.14. The maximum Gasteiger partial charge on any atom is 0.0641 e. The second kappa shape index (κ2) is 10.2. The lowest BCUT2D eigenvalue weighted by molar-refractivity contribution is 0.141. The largest absolute Gasteiger partial charge is 0.380 e. The van der Waals surface area contributed by atoms with Crippen LogP contribution in [0.1, 0.15) is 32.4 Å². The molecule has 120 valence electrons. The molecule has 0 saturated heterocycles. The van der Waals surface area contributed by atoms with Crippen LogP contribution in [0.5, 0.6) is 0 Å². The summed E-state index contributed by atoms with van der Waals surface area (Å²) in [7, 11) is 0. The zero-order chi connectivity index (χ0) is 15.7. The van der Waals surface area contributed by atoms with Gasteiger partial charge in [0.15, 0.2) is 0 Å². The average Bonchev–Trinajstić information content (AvgIpc) is 2.46. The lowest BCUT2D eigenvalue weighted by Crippen LogP contribution is -2.32. The second-order valence-electron chi connectivity index (χ2n) is 4.87. The minimum Gasteiger partial charge on any atom is -0.380 e. The van der Waals surface area contributed by atoms with Crippen LogP contribution in [0.2, 0.25) is 0 Å². The van der Waals surface area contributed by atoms with Crippen molar-refractivity contribution in [2.45, 2.75) is 26.8 Å². The van der Waals surface area contributed by atoms with Gasteiger partial charge in [0, 0.05) is 42.5 Å². The van der Waals surface area contributed by atoms with Crippen molar-refractivity contribution in [3.05, 3.63) is 28.2 Å². The summed E-state index contributed by atoms with van der Waals surface area (Å²) in [6.45, 7) is 10.6. The van der Waals surface area contributed by atoms with Crippen molar-refractivity contribution < 1.29 is 9.47 Å². The Kier molecular flexibility index (Phi) is 8.92. The molecular weight excluding hydrogens is 332 g/mol. The van der Waals surface area contributed by atoms with Crippen LogP contribution in [0, 0.1) is 0 Å². The van der Waals surface area contributed by atoms with Gasteiger partial charge in [-0.3, -0.25) is 0 Å². The van der Waals surface area contributed by atoms with Crippen molar-refractivity contribution in [2.24, 2.45) is 5.73 Å². The third-order valence-electron chi connectivity index (χ3n) is 3.24. The Hall–Kier alpha value is -0.620. The van der Waals surface area contributed by atoms with E-state index in [-0.39, 0.29) is 6.04 Å². The Morgan fingerprint density at radius 3 is 2.19 bits per heavy atom. The summed E-state index contributed by atoms with van der Waals surface area (Å²) < 4.78 is 12.0. The van der Waals surface area contributed by atoms with E-state index in [1.165, 1.54) is 0 Å². The van der Waals surface area contributed by atoms with Gasteiger partial charge in [-0.25, -0.2) is 0 Å². The van der Waals surface area contributed by atoms with E-state index in [0.717, 1.165) is 42.0 Å². The third kappa shape index (κ3) is 6.34. The van der Waals surface area contributed by atoms with Crippen molar-refractivity contribution in [1.82, 2.24) is 0 Å². The first-order valence-corrected chi connectivity index (χ1v) is 8.34. The fourth-order valence-corrected chi connectivity index (χ4v) is 2.55. The Labute approximate surface area is 136 Å². The number of nitrogens with two attached hydrogens (primary N) is 1. The number of hydrogen-bond acceptors (Lipinski definition) is 4. The molecule has 0 aliphatic rings. The molecule has 1 rings (SSSR count). The van der Waals surface area contributed by atoms with Crippen LogP contribution in [0.25, 0.3) is 0 Å². The van der Waals surface area contributed by atoms with Gasteiger partial charge in [0.2, 0.25) is 0 Å². The molecule has 0 aliphatic heterocycles. The van der Waals surface area contributed by atoms with E-state index < -0.39 is 0 Å². The number of halogens is 1. The molecule has 0 radical (unpaired) electrons. The van der Waals surface area contributed by atoms with Crippen LogP contribution < -0.4 is 10.6 Å². The first-order chi connectivity index (χ1) is 10.1. The molecule has 0 saturated carbocycles. The maximum atomic E-state index is 6.12. The van der Waals surface area contributed by atoms with E-state index in [2.05, 4.69) is 39.0 Å². The minimum atomic E-state index is -0.0146. The van der Waals surface area contributed by atoms with Crippen LogP contribution in [-0.2, 0) is 9.47 Å². The Balaban J connectivity index is 2.89. The summed E-state index contributed by atoms with van der Waals surface area (Å²) >= 11 is 3.52. The molecule has 0 aliphatic carbocycles. The molecular formula is C16H27BrN2O2. The molecule has 0 heterocycles. The van der Waals surface area contributed by atoms with E-state index in [9.17, 15) is 0 Å². The number of nitrogens with zero attached hydrogens (tertiary/aromatic N) is 1. The average molecular weight is 359 g/mol. The van der Waals surface area contributed by atoms with Crippen molar-refractivity contribution in [3.63, 3.8) is 0 Å². The summed E-state index contributed by atoms with van der Waals surface area (Å²) in [5, 5.41) is 0. The van der Waals surface area contributed by atoms with E-state index in [1.807, 2.05) is 20.8 Å². The Morgan fingerprint density at radius 2 is 1.71 bits per heavy atom. The molecule has 0 amide bonds. The van der Waals surface area contributed by atoms with Crippen molar-refractivity contribution >= 4 is 21.6 Å². The molecule has 0 aromatic heterocycles. The minimum absolute atomic E-state index is 0.0146. The van der Waals surface area contributed by atoms with Gasteiger partial charge >= 0.3 is 0 Å². The second-order valence-corrected chi connectivity index (χ2v) is 5.79. The van der Waals surface area contributed by atoms with Gasteiger partial charge in [-0.1, -0.05) is 15.9 Å². The predicted molar refractivity (Wildman–Crippen MR) is 91.9 cm³/mol. The van der Waals surface area contributed by atoms with Crippen LogP contribution >= 0.6 is 15.9 Å². The van der Waals surface area contributed by atoms with E-state index in [0.29, 0.717) is 13.2 Å². The molecule has 1 aromatic carbocycles. The number of anilines is 1. The topological polar surface area (TPSA) is 47.7 Å². The van der Waals surface area contributed by atoms with Gasteiger partial charge in [0.1, 0.15) is 0 Å². The van der Waals surface area contributed by atoms with Crippen molar-refractivity contribution in [3.8, 4) is 0 Å². The zero-order valence-corrected chi connectivity index (χ0v) is 14.9. The molecule has 1 aromatic rings. The van der Waals surface area contributed by atoms with Crippen LogP contribution in [0.3, 0.4) is 0 Å². The Bertz CT molecular complexity index is 403. The summed E-state index contributed by atoms with van der Waals surface area (Å²) in [5.74, 6) is 0. The molecule has 1 atom stereocenters. The lowest BCUT2D eigenvalue weighted by Gasteiger charge is -2.28. The smallest absolute Gasteiger partial charge is 0.0641 e. The van der Waals surface area contributed by atoms with Crippen molar-refractivity contribution in [1.29, 1.82) is 0 Å². The first kappa shape index (κ1) is 18.4. The summed E-state index contributed by atoms with van der Waals surface area (Å²) in [5.41, 5.74) is 8.42. The number of ether oxygens (including phenoxy) is 2. The molecule has 0 fully saturated rings. The molecule has 0 spiro atoms. The van der Waals surface area contributed by atoms with Gasteiger partial charge in [0.05, 0.1) is 13.2 Å². The normalized spacial score (nSPS) is 12.4. The number of rotatable bonds is 10. The van der Waals surface area contributed by atoms with Gasteiger partial charge < -0.3 is 20.1 Å². The van der Waals surface area contributed by atoms with E-state index in [1.54, 1.807) is 0 Å². The standard InChI is InChI=1S/C16H27BrN2O2/c1-4-20-10-8-19(9-11-21-5-2)16-7-6-14(17)12-15(16)13(3)18/h6-7,12-13H,4-5,8-11,18H2,1-3H3. The van der Waals surface area contributed by atoms with Crippen molar-refractivity contribution in [2.75, 3.05) is 44.4 Å². The molecule has 5 heteroatoms. The monoisotopic (exact) mass is 358 g/mol. The first-order valence-electron chi connectivity index (χ1n) is 7.55. The van der Waals surface area contributed by atoms with Gasteiger partial charge in [-0.2, -0.15) is 0 Å². The van der Waals surface area contributed by atoms with Gasteiger partial charge in [0.25, 0.3) is 0 Å². The highest BCUT2D eigenvalue weighted by atomic mass is 79.9. The molecule has 4 nitrogen and oxygen atoms in total.